The summed E-state index contributed by atoms with van der Waals surface area (Å²) in [5, 5.41) is 0. The Kier molecular flexibility index (Phi) is 6.33. The zero-order chi connectivity index (χ0) is 22.6. The second-order valence-corrected chi connectivity index (χ2v) is 8.94. The molecule has 0 N–H and O–H groups in total. The first-order chi connectivity index (χ1) is 16.2. The number of likely N-dealkylation sites (tertiary alicyclic amines) is 2. The zero-order valence-electron chi connectivity index (χ0n) is 18.8. The molecule has 3 aliphatic rings. The highest BCUT2D eigenvalue weighted by Crippen LogP contribution is 2.39. The molecule has 0 aliphatic carbocycles. The molecule has 0 aromatic heterocycles. The summed E-state index contributed by atoms with van der Waals surface area (Å²) in [6.07, 6.45) is 6.89. The average Bonchev–Trinajstić information content (AvgIpc) is 3.37. The van der Waals surface area contributed by atoms with Gasteiger partial charge in [0.15, 0.2) is 11.5 Å². The van der Waals surface area contributed by atoms with E-state index in [1.165, 1.54) is 0 Å². The lowest BCUT2D eigenvalue weighted by atomic mass is 9.94. The molecular weight excluding hydrogens is 416 g/mol. The number of hydrogen-bond acceptors (Lipinski definition) is 4. The summed E-state index contributed by atoms with van der Waals surface area (Å²) >= 11 is 0. The topological polar surface area (TPSA) is 59.1 Å². The highest BCUT2D eigenvalue weighted by molar-refractivity contribution is 5.92. The van der Waals surface area contributed by atoms with E-state index in [0.29, 0.717) is 39.1 Å². The van der Waals surface area contributed by atoms with Crippen molar-refractivity contribution in [3.05, 3.63) is 65.7 Å². The molecule has 2 aromatic rings. The van der Waals surface area contributed by atoms with Crippen LogP contribution in [0.15, 0.2) is 54.6 Å². The summed E-state index contributed by atoms with van der Waals surface area (Å²) < 4.78 is 11.4. The van der Waals surface area contributed by atoms with Gasteiger partial charge in [-0.15, -0.1) is 0 Å². The molecular formula is C27H30N2O4. The van der Waals surface area contributed by atoms with Crippen molar-refractivity contribution in [3.8, 4) is 11.5 Å². The van der Waals surface area contributed by atoms with Crippen LogP contribution in [0.4, 0.5) is 0 Å². The standard InChI is InChI=1S/C27H30N2O4/c30-26(11-8-20-5-2-1-3-6-20)28-15-12-21(13-16-28)27(31)29-14-4-7-23(29)22-9-10-24-25(19-22)33-18-17-32-24/h1-3,5-6,8-11,19,21,23H,4,7,12-18H2. The summed E-state index contributed by atoms with van der Waals surface area (Å²) in [7, 11) is 0. The Bertz CT molecular complexity index is 1030. The van der Waals surface area contributed by atoms with E-state index in [1.54, 1.807) is 6.08 Å². The molecule has 6 nitrogen and oxygen atoms in total. The highest BCUT2D eigenvalue weighted by atomic mass is 16.6. The largest absolute Gasteiger partial charge is 0.486 e. The molecule has 1 atom stereocenters. The van der Waals surface area contributed by atoms with Crippen molar-refractivity contribution in [2.75, 3.05) is 32.8 Å². The van der Waals surface area contributed by atoms with Gasteiger partial charge in [0, 0.05) is 31.6 Å². The van der Waals surface area contributed by atoms with Crippen molar-refractivity contribution in [1.82, 2.24) is 9.80 Å². The first kappa shape index (κ1) is 21.6. The predicted octanol–water partition coefficient (Wildman–Crippen LogP) is 4.07. The fraction of sp³-hybridized carbons (Fsp3) is 0.407. The predicted molar refractivity (Wildman–Crippen MR) is 126 cm³/mol. The quantitative estimate of drug-likeness (QED) is 0.665. The fourth-order valence-corrected chi connectivity index (χ4v) is 5.06. The number of nitrogens with zero attached hydrogens (tertiary/aromatic N) is 2. The van der Waals surface area contributed by atoms with Gasteiger partial charge in [0.1, 0.15) is 13.2 Å². The van der Waals surface area contributed by atoms with Gasteiger partial charge in [0.2, 0.25) is 11.8 Å². The molecule has 33 heavy (non-hydrogen) atoms. The van der Waals surface area contributed by atoms with E-state index in [-0.39, 0.29) is 23.8 Å². The van der Waals surface area contributed by atoms with Crippen LogP contribution in [0.3, 0.4) is 0 Å². The van der Waals surface area contributed by atoms with Crippen molar-refractivity contribution in [1.29, 1.82) is 0 Å². The minimum atomic E-state index is -0.0232. The molecule has 0 saturated carbocycles. The molecule has 5 rings (SSSR count). The third kappa shape index (κ3) is 4.75. The number of carbonyl (C=O) groups is 2. The van der Waals surface area contributed by atoms with Crippen molar-refractivity contribution in [2.24, 2.45) is 5.92 Å². The molecule has 3 heterocycles. The van der Waals surface area contributed by atoms with Gasteiger partial charge < -0.3 is 19.3 Å². The molecule has 0 spiro atoms. The normalized spacial score (nSPS) is 20.9. The van der Waals surface area contributed by atoms with Crippen LogP contribution in [0.25, 0.3) is 6.08 Å². The van der Waals surface area contributed by atoms with Crippen LogP contribution in [0.1, 0.15) is 42.9 Å². The second kappa shape index (κ2) is 9.69. The number of fused-ring (bicyclic) bond motifs is 1. The van der Waals surface area contributed by atoms with E-state index >= 15 is 0 Å². The minimum Gasteiger partial charge on any atom is -0.486 e. The summed E-state index contributed by atoms with van der Waals surface area (Å²) in [6, 6.07) is 16.0. The van der Waals surface area contributed by atoms with E-state index in [2.05, 4.69) is 6.07 Å². The highest BCUT2D eigenvalue weighted by Gasteiger charge is 2.36. The number of ether oxygens (including phenoxy) is 2. The lowest BCUT2D eigenvalue weighted by Gasteiger charge is -2.35. The maximum atomic E-state index is 13.4. The van der Waals surface area contributed by atoms with Gasteiger partial charge in [-0.05, 0) is 55.0 Å². The van der Waals surface area contributed by atoms with Crippen LogP contribution >= 0.6 is 0 Å². The molecule has 1 unspecified atom stereocenters. The molecule has 2 amide bonds. The number of rotatable bonds is 4. The summed E-state index contributed by atoms with van der Waals surface area (Å²) in [5.74, 6) is 1.76. The Balaban J connectivity index is 1.19. The lowest BCUT2D eigenvalue weighted by Crippen LogP contribution is -2.43. The molecule has 0 bridgehead atoms. The Labute approximate surface area is 194 Å². The number of carbonyl (C=O) groups excluding carboxylic acids is 2. The fourth-order valence-electron chi connectivity index (χ4n) is 5.06. The number of benzene rings is 2. The maximum absolute atomic E-state index is 13.4. The van der Waals surface area contributed by atoms with Crippen LogP contribution in [0.5, 0.6) is 11.5 Å². The Morgan fingerprint density at radius 3 is 2.42 bits per heavy atom. The van der Waals surface area contributed by atoms with Gasteiger partial charge in [-0.1, -0.05) is 36.4 Å². The van der Waals surface area contributed by atoms with Crippen molar-refractivity contribution in [3.63, 3.8) is 0 Å². The monoisotopic (exact) mass is 446 g/mol. The minimum absolute atomic E-state index is 0.0140. The van der Waals surface area contributed by atoms with Gasteiger partial charge in [0.25, 0.3) is 0 Å². The Morgan fingerprint density at radius 1 is 0.879 bits per heavy atom. The van der Waals surface area contributed by atoms with Crippen molar-refractivity contribution < 1.29 is 19.1 Å². The number of hydrogen-bond donors (Lipinski definition) is 0. The van der Waals surface area contributed by atoms with Crippen molar-refractivity contribution in [2.45, 2.75) is 31.7 Å². The van der Waals surface area contributed by atoms with Gasteiger partial charge in [-0.25, -0.2) is 0 Å². The smallest absolute Gasteiger partial charge is 0.246 e. The van der Waals surface area contributed by atoms with Crippen LogP contribution in [-0.2, 0) is 9.59 Å². The third-order valence-corrected chi connectivity index (χ3v) is 6.86. The van der Waals surface area contributed by atoms with Gasteiger partial charge >= 0.3 is 0 Å². The summed E-state index contributed by atoms with van der Waals surface area (Å²) in [4.78, 5) is 29.9. The van der Waals surface area contributed by atoms with Gasteiger partial charge in [-0.3, -0.25) is 9.59 Å². The molecule has 2 saturated heterocycles. The SMILES string of the molecule is O=C(C=Cc1ccccc1)N1CCC(C(=O)N2CCCC2c2ccc3c(c2)OCCO3)CC1. The Morgan fingerprint density at radius 2 is 1.64 bits per heavy atom. The number of piperidine rings is 1. The number of amides is 2. The average molecular weight is 447 g/mol. The van der Waals surface area contributed by atoms with E-state index in [0.717, 1.165) is 42.0 Å². The first-order valence-electron chi connectivity index (χ1n) is 11.9. The molecule has 6 heteroatoms. The summed E-state index contributed by atoms with van der Waals surface area (Å²) in [6.45, 7) is 3.16. The van der Waals surface area contributed by atoms with Crippen LogP contribution in [0.2, 0.25) is 0 Å². The van der Waals surface area contributed by atoms with Crippen LogP contribution in [-0.4, -0.2) is 54.5 Å². The van der Waals surface area contributed by atoms with Crippen molar-refractivity contribution >= 4 is 17.9 Å². The van der Waals surface area contributed by atoms with Crippen LogP contribution < -0.4 is 9.47 Å². The first-order valence-corrected chi connectivity index (χ1v) is 11.9. The van der Waals surface area contributed by atoms with E-state index in [1.807, 2.05) is 58.3 Å². The van der Waals surface area contributed by atoms with Gasteiger partial charge in [-0.2, -0.15) is 0 Å². The molecule has 3 aliphatic heterocycles. The Hall–Kier alpha value is -3.28. The summed E-state index contributed by atoms with van der Waals surface area (Å²) in [5.41, 5.74) is 2.12. The zero-order valence-corrected chi connectivity index (χ0v) is 18.8. The molecule has 0 radical (unpaired) electrons. The van der Waals surface area contributed by atoms with E-state index < -0.39 is 0 Å². The van der Waals surface area contributed by atoms with E-state index in [9.17, 15) is 9.59 Å². The molecule has 2 fully saturated rings. The maximum Gasteiger partial charge on any atom is 0.246 e. The molecule has 172 valence electrons. The third-order valence-electron chi connectivity index (χ3n) is 6.86. The second-order valence-electron chi connectivity index (χ2n) is 8.94. The van der Waals surface area contributed by atoms with Gasteiger partial charge in [0.05, 0.1) is 6.04 Å². The van der Waals surface area contributed by atoms with E-state index in [4.69, 9.17) is 9.47 Å². The van der Waals surface area contributed by atoms with Crippen LogP contribution in [0, 0.1) is 5.92 Å². The lowest BCUT2D eigenvalue weighted by molar-refractivity contribution is -0.140. The molecule has 2 aromatic carbocycles.